The molecule has 1 aliphatic rings. The van der Waals surface area contributed by atoms with Crippen molar-refractivity contribution >= 4 is 22.4 Å². The molecular formula is C16H21ClN4O2S. The van der Waals surface area contributed by atoms with E-state index in [-0.39, 0.29) is 17.3 Å². The van der Waals surface area contributed by atoms with E-state index in [2.05, 4.69) is 14.7 Å². The van der Waals surface area contributed by atoms with Crippen molar-refractivity contribution in [3.8, 4) is 11.4 Å². The van der Waals surface area contributed by atoms with Gasteiger partial charge in [0.15, 0.2) is 5.82 Å². The number of sulfonamides is 1. The lowest BCUT2D eigenvalue weighted by molar-refractivity contribution is 0.399. The molecule has 1 aliphatic carbocycles. The second-order valence-corrected chi connectivity index (χ2v) is 7.59. The van der Waals surface area contributed by atoms with E-state index in [0.29, 0.717) is 12.4 Å². The van der Waals surface area contributed by atoms with Gasteiger partial charge < -0.3 is 5.73 Å². The van der Waals surface area contributed by atoms with Crippen LogP contribution in [0.2, 0.25) is 0 Å². The Morgan fingerprint density at radius 2 is 1.67 bits per heavy atom. The molecule has 1 heterocycles. The number of rotatable bonds is 5. The van der Waals surface area contributed by atoms with Gasteiger partial charge in [0, 0.05) is 17.6 Å². The van der Waals surface area contributed by atoms with Crippen LogP contribution in [0.25, 0.3) is 11.4 Å². The Labute approximate surface area is 148 Å². The van der Waals surface area contributed by atoms with Gasteiger partial charge in [0.2, 0.25) is 10.0 Å². The molecule has 0 unspecified atom stereocenters. The quantitative estimate of drug-likeness (QED) is 0.842. The van der Waals surface area contributed by atoms with Crippen LogP contribution in [0.1, 0.15) is 25.7 Å². The van der Waals surface area contributed by atoms with E-state index in [4.69, 9.17) is 5.73 Å². The highest BCUT2D eigenvalue weighted by Crippen LogP contribution is 2.30. The zero-order valence-electron chi connectivity index (χ0n) is 13.2. The van der Waals surface area contributed by atoms with Gasteiger partial charge in [-0.15, -0.1) is 12.4 Å². The van der Waals surface area contributed by atoms with Gasteiger partial charge >= 0.3 is 0 Å². The summed E-state index contributed by atoms with van der Waals surface area (Å²) in [7, 11) is -3.67. The number of benzene rings is 1. The van der Waals surface area contributed by atoms with E-state index >= 15 is 0 Å². The second kappa shape index (κ2) is 7.57. The predicted molar refractivity (Wildman–Crippen MR) is 95.3 cm³/mol. The lowest BCUT2D eigenvalue weighted by Crippen LogP contribution is -2.51. The minimum atomic E-state index is -3.67. The van der Waals surface area contributed by atoms with E-state index in [9.17, 15) is 8.42 Å². The van der Waals surface area contributed by atoms with Crippen LogP contribution in [0, 0.1) is 0 Å². The highest BCUT2D eigenvalue weighted by atomic mass is 35.5. The maximum atomic E-state index is 12.6. The van der Waals surface area contributed by atoms with Crippen LogP contribution in [0.3, 0.4) is 0 Å². The van der Waals surface area contributed by atoms with Crippen LogP contribution in [-0.4, -0.2) is 30.5 Å². The first-order chi connectivity index (χ1) is 11.0. The summed E-state index contributed by atoms with van der Waals surface area (Å²) in [5.41, 5.74) is 6.11. The standard InChI is InChI=1S/C16H20N4O2S.ClH/c17-12-16(8-4-5-9-16)20-23(21,22)14-10-18-15(19-11-14)13-6-2-1-3-7-13;/h1-3,6-7,10-11,20H,4-5,8-9,12,17H2;1H. The molecule has 24 heavy (non-hydrogen) atoms. The van der Waals surface area contributed by atoms with Crippen molar-refractivity contribution in [2.24, 2.45) is 5.73 Å². The summed E-state index contributed by atoms with van der Waals surface area (Å²) in [6.45, 7) is 0.301. The number of halogens is 1. The highest BCUT2D eigenvalue weighted by molar-refractivity contribution is 7.89. The van der Waals surface area contributed by atoms with Crippen molar-refractivity contribution in [2.45, 2.75) is 36.1 Å². The zero-order valence-corrected chi connectivity index (χ0v) is 14.8. The topological polar surface area (TPSA) is 98.0 Å². The summed E-state index contributed by atoms with van der Waals surface area (Å²) in [4.78, 5) is 8.42. The van der Waals surface area contributed by atoms with Crippen molar-refractivity contribution in [2.75, 3.05) is 6.54 Å². The Morgan fingerprint density at radius 3 is 2.21 bits per heavy atom. The average molecular weight is 369 g/mol. The van der Waals surface area contributed by atoms with Gasteiger partial charge in [-0.3, -0.25) is 0 Å². The monoisotopic (exact) mass is 368 g/mol. The number of hydrogen-bond donors (Lipinski definition) is 2. The molecule has 0 bridgehead atoms. The first-order valence-electron chi connectivity index (χ1n) is 7.66. The van der Waals surface area contributed by atoms with Crippen molar-refractivity contribution in [3.63, 3.8) is 0 Å². The molecule has 1 aromatic carbocycles. The molecule has 0 atom stereocenters. The summed E-state index contributed by atoms with van der Waals surface area (Å²) >= 11 is 0. The number of nitrogens with zero attached hydrogens (tertiary/aromatic N) is 2. The highest BCUT2D eigenvalue weighted by Gasteiger charge is 2.37. The first-order valence-corrected chi connectivity index (χ1v) is 9.15. The minimum Gasteiger partial charge on any atom is -0.329 e. The SMILES string of the molecule is Cl.NCC1(NS(=O)(=O)c2cnc(-c3ccccc3)nc2)CCCC1. The molecule has 2 aromatic rings. The van der Waals surface area contributed by atoms with E-state index < -0.39 is 15.6 Å². The molecule has 3 N–H and O–H groups in total. The summed E-state index contributed by atoms with van der Waals surface area (Å²) < 4.78 is 27.9. The van der Waals surface area contributed by atoms with E-state index in [0.717, 1.165) is 31.2 Å². The summed E-state index contributed by atoms with van der Waals surface area (Å²) in [5.74, 6) is 0.499. The smallest absolute Gasteiger partial charge is 0.244 e. The molecule has 0 spiro atoms. The number of nitrogens with one attached hydrogen (secondary N) is 1. The minimum absolute atomic E-state index is 0. The molecule has 0 aliphatic heterocycles. The third-order valence-electron chi connectivity index (χ3n) is 4.27. The summed E-state index contributed by atoms with van der Waals surface area (Å²) in [6.07, 6.45) is 6.21. The van der Waals surface area contributed by atoms with Gasteiger partial charge in [0.1, 0.15) is 4.90 Å². The van der Waals surface area contributed by atoms with Gasteiger partial charge in [-0.2, -0.15) is 0 Å². The van der Waals surface area contributed by atoms with Crippen molar-refractivity contribution < 1.29 is 8.42 Å². The Bertz CT molecular complexity index is 760. The van der Waals surface area contributed by atoms with E-state index in [1.807, 2.05) is 30.3 Å². The Balaban J connectivity index is 0.00000208. The average Bonchev–Trinajstić information content (AvgIpc) is 3.04. The van der Waals surface area contributed by atoms with Crippen molar-refractivity contribution in [3.05, 3.63) is 42.7 Å². The normalized spacial score (nSPS) is 16.5. The molecule has 0 amide bonds. The fourth-order valence-corrected chi connectivity index (χ4v) is 4.29. The second-order valence-electron chi connectivity index (χ2n) is 5.91. The molecule has 130 valence electrons. The molecule has 1 fully saturated rings. The van der Waals surface area contributed by atoms with E-state index in [1.165, 1.54) is 12.4 Å². The largest absolute Gasteiger partial charge is 0.329 e. The van der Waals surface area contributed by atoms with Crippen LogP contribution in [-0.2, 0) is 10.0 Å². The van der Waals surface area contributed by atoms with Crippen molar-refractivity contribution in [1.82, 2.24) is 14.7 Å². The summed E-state index contributed by atoms with van der Waals surface area (Å²) in [5, 5.41) is 0. The van der Waals surface area contributed by atoms with Gasteiger partial charge in [-0.1, -0.05) is 43.2 Å². The number of aromatic nitrogens is 2. The van der Waals surface area contributed by atoms with Crippen LogP contribution in [0.4, 0.5) is 0 Å². The first kappa shape index (κ1) is 18.8. The lowest BCUT2D eigenvalue weighted by Gasteiger charge is -2.28. The van der Waals surface area contributed by atoms with E-state index in [1.54, 1.807) is 0 Å². The van der Waals surface area contributed by atoms with Crippen LogP contribution >= 0.6 is 12.4 Å². The fourth-order valence-electron chi connectivity index (χ4n) is 2.93. The Kier molecular flexibility index (Phi) is 5.92. The Morgan fingerprint density at radius 1 is 1.08 bits per heavy atom. The number of nitrogens with two attached hydrogens (primary N) is 1. The zero-order chi connectivity index (χ0) is 16.3. The molecule has 1 aromatic heterocycles. The van der Waals surface area contributed by atoms with Crippen LogP contribution in [0.15, 0.2) is 47.6 Å². The predicted octanol–water partition coefficient (Wildman–Crippen LogP) is 2.12. The molecule has 3 rings (SSSR count). The molecule has 0 radical (unpaired) electrons. The number of hydrogen-bond acceptors (Lipinski definition) is 5. The van der Waals surface area contributed by atoms with Crippen LogP contribution in [0.5, 0.6) is 0 Å². The molecule has 8 heteroatoms. The van der Waals surface area contributed by atoms with Gasteiger partial charge in [-0.05, 0) is 12.8 Å². The lowest BCUT2D eigenvalue weighted by atomic mass is 10.0. The summed E-state index contributed by atoms with van der Waals surface area (Å²) in [6, 6.07) is 9.43. The molecule has 1 saturated carbocycles. The maximum Gasteiger partial charge on any atom is 0.244 e. The third kappa shape index (κ3) is 3.92. The molecule has 0 saturated heterocycles. The Hall–Kier alpha value is -1.54. The molecule has 6 nitrogen and oxygen atoms in total. The maximum absolute atomic E-state index is 12.6. The van der Waals surface area contributed by atoms with Gasteiger partial charge in [-0.25, -0.2) is 23.1 Å². The van der Waals surface area contributed by atoms with Crippen LogP contribution < -0.4 is 10.5 Å². The fraction of sp³-hybridized carbons (Fsp3) is 0.375. The van der Waals surface area contributed by atoms with Gasteiger partial charge in [0.25, 0.3) is 0 Å². The third-order valence-corrected chi connectivity index (χ3v) is 5.81. The van der Waals surface area contributed by atoms with Gasteiger partial charge in [0.05, 0.1) is 12.4 Å². The van der Waals surface area contributed by atoms with Crippen molar-refractivity contribution in [1.29, 1.82) is 0 Å². The molecular weight excluding hydrogens is 348 g/mol.